The smallest absolute Gasteiger partial charge is 0.267 e. The summed E-state index contributed by atoms with van der Waals surface area (Å²) in [6.45, 7) is 16.8. The molecule has 11 aromatic carbocycles. The number of guanidine groups is 4. The third-order valence-electron chi connectivity index (χ3n) is 27.1. The highest BCUT2D eigenvalue weighted by atomic mass is 16.2. The van der Waals surface area contributed by atoms with E-state index in [2.05, 4.69) is 200 Å². The van der Waals surface area contributed by atoms with Gasteiger partial charge < -0.3 is 10.6 Å². The number of para-hydroxylation sites is 2. The minimum atomic E-state index is -0.301. The highest BCUT2D eigenvalue weighted by Crippen LogP contribution is 2.46. The predicted molar refractivity (Wildman–Crippen MR) is 557 cm³/mol. The molecule has 0 spiro atoms. The fourth-order valence-corrected chi connectivity index (χ4v) is 20.1. The molecule has 27 heteroatoms. The number of aliphatic imine (C=N–C) groups is 4. The van der Waals surface area contributed by atoms with Crippen molar-refractivity contribution in [3.63, 3.8) is 0 Å². The Morgan fingerprint density at radius 3 is 1.21 bits per heavy atom. The Labute approximate surface area is 819 Å². The maximum Gasteiger partial charge on any atom is 0.267 e. The second-order valence-electron chi connectivity index (χ2n) is 39.1. The third kappa shape index (κ3) is 18.1. The monoisotopic (exact) mass is 1870 g/mol. The van der Waals surface area contributed by atoms with E-state index in [4.69, 9.17) is 40.4 Å². The molecule has 8 aliphatic heterocycles. The van der Waals surface area contributed by atoms with Crippen LogP contribution in [0.3, 0.4) is 0 Å². The topological polar surface area (TPSA) is 256 Å². The fraction of sp³-hybridized carbons (Fsp3) is 0.237. The number of nitrogens with one attached hydrogen (secondary N) is 2. The van der Waals surface area contributed by atoms with Gasteiger partial charge in [-0.15, -0.1) is 0 Å². The molecule has 9 aliphatic rings. The van der Waals surface area contributed by atoms with Crippen LogP contribution in [0.2, 0.25) is 0 Å². The first-order valence-electron chi connectivity index (χ1n) is 48.1. The van der Waals surface area contributed by atoms with E-state index in [-0.39, 0.29) is 58.1 Å². The second-order valence-corrected chi connectivity index (χ2v) is 39.1. The Balaban J connectivity index is 0.000000112. The number of rotatable bonds is 19. The van der Waals surface area contributed by atoms with Crippen LogP contribution in [0.15, 0.2) is 336 Å². The summed E-state index contributed by atoms with van der Waals surface area (Å²) in [7, 11) is 7.17. The Kier molecular flexibility index (Phi) is 24.0. The second kappa shape index (κ2) is 37.3. The standard InChI is InChI=1S/C32H30N6O2.C30H29N5O.C29H28N6O.C23H23N5O/c1-36-31(40)27-29(33-24-12-6-3-7-13-24)35-37(30(27)38-26-15-9-8-14-25(26)34-32(36)38)20-21-16-18-23(19-17-21)28(39)22-10-4-2-5-11-22;1-30(2)20-34-27-26(28(36)33(3)29(34)31-30)25(18-21-10-6-4-7-11-21)35(32-27)19-22-14-16-24(17-15-22)23-12-8-5-9-13-23;1-29(2)19-34-26-24(27(36)33(3)28(34)31-29)25(30-23-12-8-5-9-13-23)32-35(26)18-20-14-16-22(17-15-20)21-10-6-4-7-11-21;1-23(2)15-28-20-19(21(29)26(3)22(28)24-23)14-27(25-20)13-16-9-11-18(12-10-16)17-7-5-4-6-8-17/h2-7,10-13,16-19,25-26H,8-9,14-15,20H2,1H3,(H,33,35);4-17H,18-20H2,1-3H3;4-17H,18-19H2,1-3H3,(H,30,32);4-12,14H,13,15H2,1-3H3/t25-,26+;;;/m1.../s1. The van der Waals surface area contributed by atoms with Gasteiger partial charge in [-0.1, -0.05) is 298 Å². The number of aromatic nitrogens is 8. The lowest BCUT2D eigenvalue weighted by Crippen LogP contribution is -2.53. The van der Waals surface area contributed by atoms with E-state index in [1.807, 2.05) is 213 Å². The summed E-state index contributed by atoms with van der Waals surface area (Å²) < 4.78 is 7.71. The van der Waals surface area contributed by atoms with Gasteiger partial charge in [0.2, 0.25) is 23.8 Å². The summed E-state index contributed by atoms with van der Waals surface area (Å²) in [6.07, 6.45) is 6.85. The summed E-state index contributed by atoms with van der Waals surface area (Å²) in [5, 5.41) is 26.4. The lowest BCUT2D eigenvalue weighted by atomic mass is 9.90. The van der Waals surface area contributed by atoms with Gasteiger partial charge in [0.25, 0.3) is 23.6 Å². The van der Waals surface area contributed by atoms with E-state index in [1.165, 1.54) is 33.4 Å². The van der Waals surface area contributed by atoms with Crippen LogP contribution in [0.1, 0.15) is 158 Å². The van der Waals surface area contributed by atoms with Crippen molar-refractivity contribution >= 4 is 99.5 Å². The molecular weight excluding hydrogens is 1760 g/mol. The summed E-state index contributed by atoms with van der Waals surface area (Å²) in [5.41, 5.74) is 18.3. The Morgan fingerprint density at radius 1 is 0.348 bits per heavy atom. The molecule has 706 valence electrons. The summed E-state index contributed by atoms with van der Waals surface area (Å²) >= 11 is 0. The maximum atomic E-state index is 13.8. The van der Waals surface area contributed by atoms with Crippen LogP contribution < -0.4 is 30.2 Å². The molecule has 4 amide bonds. The normalized spacial score (nSPS) is 17.3. The molecule has 1 saturated carbocycles. The van der Waals surface area contributed by atoms with Crippen molar-refractivity contribution in [3.8, 4) is 33.4 Å². The molecule has 0 saturated heterocycles. The first-order valence-corrected chi connectivity index (χ1v) is 48.1. The Bertz CT molecular complexity index is 7370. The van der Waals surface area contributed by atoms with Gasteiger partial charge in [0.15, 0.2) is 29.1 Å². The number of hydrogen-bond donors (Lipinski definition) is 2. The molecule has 12 heterocycles. The van der Waals surface area contributed by atoms with Gasteiger partial charge >= 0.3 is 0 Å². The minimum absolute atomic E-state index is 0.00661. The van der Waals surface area contributed by atoms with Crippen molar-refractivity contribution in [2.24, 2.45) is 20.0 Å². The number of carbonyl (C=O) groups is 5. The lowest BCUT2D eigenvalue weighted by Gasteiger charge is -2.38. The van der Waals surface area contributed by atoms with Crippen LogP contribution in [0, 0.1) is 0 Å². The molecular formula is C114H110N22O5. The minimum Gasteiger partial charge on any atom is -0.338 e. The van der Waals surface area contributed by atoms with Crippen molar-refractivity contribution in [2.75, 3.05) is 78.1 Å². The number of hydrogen-bond acceptors (Lipinski definition) is 19. The Morgan fingerprint density at radius 2 is 0.716 bits per heavy atom. The third-order valence-corrected chi connectivity index (χ3v) is 27.1. The fourth-order valence-electron chi connectivity index (χ4n) is 20.1. The highest BCUT2D eigenvalue weighted by Gasteiger charge is 2.51. The SMILES string of the molecule is CN1C(=O)c2c(Nc3ccccc3)nn(Cc3ccc(-c4ccccc4)cc3)c2N2CC(C)(C)N=C12.CN1C(=O)c2c(Nc3ccccc3)nn(Cc3ccc(C(=O)c4ccccc4)cc3)c2N2C1=N[C@@H]1CCCC[C@@H]12.CN1C(=O)c2c(nn(Cc3ccc(-c4ccccc4)cc3)c2Cc2ccccc2)N2CC(C)(C)N=C12.CN1C(=O)c2cn(Cc3ccc(-c4ccccc4)cc3)nc2N2CC(C)(C)N=C12. The molecule has 141 heavy (non-hydrogen) atoms. The molecule has 2 N–H and O–H groups in total. The van der Waals surface area contributed by atoms with Gasteiger partial charge in [-0.25, -0.2) is 29.3 Å². The largest absolute Gasteiger partial charge is 0.338 e. The zero-order valence-electron chi connectivity index (χ0n) is 80.6. The zero-order valence-corrected chi connectivity index (χ0v) is 80.6. The van der Waals surface area contributed by atoms with Crippen molar-refractivity contribution in [2.45, 2.75) is 129 Å². The number of nitrogens with zero attached hydrogens (tertiary/aromatic N) is 20. The van der Waals surface area contributed by atoms with Gasteiger partial charge in [0.1, 0.15) is 33.9 Å². The summed E-state index contributed by atoms with van der Waals surface area (Å²) in [5.74, 6) is 6.50. The number of amides is 4. The van der Waals surface area contributed by atoms with E-state index < -0.39 is 0 Å². The molecule has 0 bridgehead atoms. The van der Waals surface area contributed by atoms with Gasteiger partial charge in [-0.05, 0) is 140 Å². The maximum absolute atomic E-state index is 13.8. The molecule has 15 aromatic rings. The van der Waals surface area contributed by atoms with Gasteiger partial charge in [-0.2, -0.15) is 20.4 Å². The molecule has 2 atom stereocenters. The number of benzene rings is 11. The number of ketones is 1. The molecule has 1 fully saturated rings. The molecule has 27 nitrogen and oxygen atoms in total. The van der Waals surface area contributed by atoms with E-state index >= 15 is 0 Å². The van der Waals surface area contributed by atoms with E-state index in [9.17, 15) is 24.0 Å². The predicted octanol–water partition coefficient (Wildman–Crippen LogP) is 19.7. The molecule has 0 radical (unpaired) electrons. The van der Waals surface area contributed by atoms with Gasteiger partial charge in [-0.3, -0.25) is 72.5 Å². The van der Waals surface area contributed by atoms with Crippen LogP contribution >= 0.6 is 0 Å². The average molecular weight is 1870 g/mol. The zero-order chi connectivity index (χ0) is 97.1. The van der Waals surface area contributed by atoms with Crippen molar-refractivity contribution in [1.82, 2.24) is 58.7 Å². The average Bonchev–Trinajstić information content (AvgIpc) is 1.58. The lowest BCUT2D eigenvalue weighted by molar-refractivity contribution is 0.0856. The van der Waals surface area contributed by atoms with Crippen molar-refractivity contribution < 1.29 is 24.0 Å². The van der Waals surface area contributed by atoms with Crippen LogP contribution in [0.25, 0.3) is 33.4 Å². The molecule has 24 rings (SSSR count). The van der Waals surface area contributed by atoms with Gasteiger partial charge in [0, 0.05) is 63.3 Å². The van der Waals surface area contributed by atoms with E-state index in [1.54, 1.807) is 40.7 Å². The summed E-state index contributed by atoms with van der Waals surface area (Å²) in [6, 6.07) is 104. The number of carbonyl (C=O) groups excluding carboxylic acids is 5. The number of anilines is 8. The Hall–Kier alpha value is -16.7. The van der Waals surface area contributed by atoms with E-state index in [0.29, 0.717) is 126 Å². The highest BCUT2D eigenvalue weighted by molar-refractivity contribution is 6.23. The van der Waals surface area contributed by atoms with Crippen molar-refractivity contribution in [1.29, 1.82) is 0 Å². The van der Waals surface area contributed by atoms with Crippen LogP contribution in [0.4, 0.5) is 46.3 Å². The first-order chi connectivity index (χ1) is 68.3. The van der Waals surface area contributed by atoms with Crippen LogP contribution in [-0.2, 0) is 32.6 Å². The van der Waals surface area contributed by atoms with Crippen LogP contribution in [-0.4, -0.2) is 188 Å². The molecule has 0 unspecified atom stereocenters. The number of fused-ring (bicyclic) bond motifs is 14. The van der Waals surface area contributed by atoms with Crippen molar-refractivity contribution in [3.05, 3.63) is 382 Å². The quantitative estimate of drug-likeness (QED) is 0.0714. The first kappa shape index (κ1) is 90.7. The van der Waals surface area contributed by atoms with Crippen LogP contribution in [0.5, 0.6) is 0 Å². The van der Waals surface area contributed by atoms with E-state index in [0.717, 1.165) is 88.7 Å². The van der Waals surface area contributed by atoms with Gasteiger partial charge in [0.05, 0.1) is 80.2 Å². The molecule has 1 aliphatic carbocycles. The summed E-state index contributed by atoms with van der Waals surface area (Å²) in [4.78, 5) is 101. The molecule has 4 aromatic heterocycles.